The molecule has 200 valence electrons. The molecule has 2 N–H and O–H groups in total. The monoisotopic (exact) mass is 505 g/mol. The second kappa shape index (κ2) is 11.1. The van der Waals surface area contributed by atoms with Crippen molar-refractivity contribution >= 4 is 11.9 Å². The highest BCUT2D eigenvalue weighted by Gasteiger charge is 2.50. The predicted molar refractivity (Wildman–Crippen MR) is 132 cm³/mol. The number of carbonyl (C=O) groups is 2. The van der Waals surface area contributed by atoms with Gasteiger partial charge in [0.25, 0.3) is 0 Å². The lowest BCUT2D eigenvalue weighted by Crippen LogP contribution is -2.64. The number of hydrogen-bond donors (Lipinski definition) is 2. The zero-order valence-electron chi connectivity index (χ0n) is 21.7. The predicted octanol–water partition coefficient (Wildman–Crippen LogP) is 4.61. The van der Waals surface area contributed by atoms with Crippen LogP contribution in [0.4, 0.5) is 4.39 Å². The lowest BCUT2D eigenvalue weighted by atomic mass is 9.74. The van der Waals surface area contributed by atoms with E-state index in [1.54, 1.807) is 12.1 Å². The Morgan fingerprint density at radius 1 is 1.19 bits per heavy atom. The lowest BCUT2D eigenvalue weighted by Gasteiger charge is -2.45. The molecule has 3 atom stereocenters. The van der Waals surface area contributed by atoms with Gasteiger partial charge in [0.2, 0.25) is 5.91 Å². The molecule has 7 nitrogen and oxygen atoms in total. The standard InChI is InChI=1S/C28H40FNO6/c1-27(2,3)36-26(33)21-7-4-5-14-28(17-34-16-24(31)30-28)22(21)15-35-19-12-10-18(11-13-19)20-8-6-9-23(29)25(20)32/h6,8-9,18-19,21-22,32H,4-5,7,10-17H2,1-3H3,(H,30,31). The molecule has 1 saturated heterocycles. The number of phenolic OH excluding ortho intramolecular Hbond substituents is 1. The van der Waals surface area contributed by atoms with Gasteiger partial charge in [0.15, 0.2) is 11.6 Å². The maximum atomic E-state index is 13.8. The summed E-state index contributed by atoms with van der Waals surface area (Å²) in [4.78, 5) is 25.7. The summed E-state index contributed by atoms with van der Waals surface area (Å²) in [7, 11) is 0. The van der Waals surface area contributed by atoms with Crippen LogP contribution in [0.25, 0.3) is 0 Å². The molecule has 1 amide bonds. The largest absolute Gasteiger partial charge is 0.505 e. The fourth-order valence-corrected chi connectivity index (χ4v) is 6.16. The Kier molecular flexibility index (Phi) is 8.25. The molecule has 3 aliphatic rings. The number of hydrogen-bond acceptors (Lipinski definition) is 6. The van der Waals surface area contributed by atoms with Gasteiger partial charge < -0.3 is 24.6 Å². The van der Waals surface area contributed by atoms with Crippen LogP contribution >= 0.6 is 0 Å². The highest BCUT2D eigenvalue weighted by molar-refractivity contribution is 5.79. The number of carbonyl (C=O) groups excluding carboxylic acids is 2. The molecule has 0 aromatic heterocycles. The number of ether oxygens (including phenoxy) is 3. The van der Waals surface area contributed by atoms with E-state index in [1.165, 1.54) is 6.07 Å². The molecule has 1 aliphatic heterocycles. The van der Waals surface area contributed by atoms with Crippen molar-refractivity contribution in [2.24, 2.45) is 11.8 Å². The van der Waals surface area contributed by atoms with Crippen molar-refractivity contribution in [2.45, 2.75) is 95.3 Å². The summed E-state index contributed by atoms with van der Waals surface area (Å²) in [6, 6.07) is 4.69. The number of esters is 1. The Bertz CT molecular complexity index is 938. The highest BCUT2D eigenvalue weighted by Crippen LogP contribution is 2.42. The normalized spacial score (nSPS) is 31.5. The van der Waals surface area contributed by atoms with Gasteiger partial charge >= 0.3 is 5.97 Å². The first-order chi connectivity index (χ1) is 17.1. The molecular formula is C28H40FNO6. The zero-order chi connectivity index (χ0) is 25.9. The summed E-state index contributed by atoms with van der Waals surface area (Å²) in [6.07, 6.45) is 6.31. The number of rotatable bonds is 5. The molecular weight excluding hydrogens is 465 g/mol. The number of aromatic hydroxyl groups is 1. The van der Waals surface area contributed by atoms with Gasteiger partial charge in [-0.15, -0.1) is 0 Å². The lowest BCUT2D eigenvalue weighted by molar-refractivity contribution is -0.169. The smallest absolute Gasteiger partial charge is 0.309 e. The topological polar surface area (TPSA) is 94.1 Å². The summed E-state index contributed by atoms with van der Waals surface area (Å²) in [5.74, 6) is -1.82. The third-order valence-corrected chi connectivity index (χ3v) is 7.92. The van der Waals surface area contributed by atoms with E-state index < -0.39 is 22.9 Å². The minimum atomic E-state index is -0.655. The molecule has 1 heterocycles. The van der Waals surface area contributed by atoms with Crippen LogP contribution in [0.2, 0.25) is 0 Å². The molecule has 3 unspecified atom stereocenters. The Morgan fingerprint density at radius 3 is 2.64 bits per heavy atom. The summed E-state index contributed by atoms with van der Waals surface area (Å²) >= 11 is 0. The number of phenols is 1. The highest BCUT2D eigenvalue weighted by atomic mass is 19.1. The first kappa shape index (κ1) is 26.9. The SMILES string of the molecule is CC(C)(C)OC(=O)C1CCCCC2(COCC(=O)N2)C1COC1CCC(c2cccc(F)c2O)CC1. The number of benzene rings is 1. The van der Waals surface area contributed by atoms with Crippen molar-refractivity contribution in [2.75, 3.05) is 19.8 Å². The molecule has 1 spiro atoms. The van der Waals surface area contributed by atoms with Crippen LogP contribution < -0.4 is 5.32 Å². The second-order valence-electron chi connectivity index (χ2n) is 11.7. The molecule has 0 radical (unpaired) electrons. The molecule has 0 bridgehead atoms. The van der Waals surface area contributed by atoms with E-state index in [4.69, 9.17) is 14.2 Å². The van der Waals surface area contributed by atoms with Crippen LogP contribution in [-0.2, 0) is 23.8 Å². The summed E-state index contributed by atoms with van der Waals surface area (Å²) in [6.45, 7) is 6.31. The third kappa shape index (κ3) is 6.20. The second-order valence-corrected chi connectivity index (χ2v) is 11.7. The van der Waals surface area contributed by atoms with E-state index in [-0.39, 0.29) is 42.2 Å². The van der Waals surface area contributed by atoms with Gasteiger partial charge in [0.1, 0.15) is 12.2 Å². The van der Waals surface area contributed by atoms with E-state index in [1.807, 2.05) is 20.8 Å². The fraction of sp³-hybridized carbons (Fsp3) is 0.714. The maximum Gasteiger partial charge on any atom is 0.309 e. The molecule has 36 heavy (non-hydrogen) atoms. The van der Waals surface area contributed by atoms with E-state index in [9.17, 15) is 19.1 Å². The van der Waals surface area contributed by atoms with Gasteiger partial charge in [-0.1, -0.05) is 25.0 Å². The van der Waals surface area contributed by atoms with Crippen molar-refractivity contribution in [1.29, 1.82) is 0 Å². The van der Waals surface area contributed by atoms with Gasteiger partial charge in [-0.3, -0.25) is 9.59 Å². The molecule has 3 fully saturated rings. The van der Waals surface area contributed by atoms with Crippen molar-refractivity contribution < 1.29 is 33.3 Å². The summed E-state index contributed by atoms with van der Waals surface area (Å²) < 4.78 is 31.8. The van der Waals surface area contributed by atoms with E-state index in [0.29, 0.717) is 25.2 Å². The van der Waals surface area contributed by atoms with Crippen molar-refractivity contribution in [3.63, 3.8) is 0 Å². The van der Waals surface area contributed by atoms with Crippen LogP contribution in [0.15, 0.2) is 18.2 Å². The summed E-state index contributed by atoms with van der Waals surface area (Å²) in [5.41, 5.74) is -0.601. The van der Waals surface area contributed by atoms with E-state index in [0.717, 1.165) is 44.9 Å². The first-order valence-electron chi connectivity index (χ1n) is 13.3. The zero-order valence-corrected chi connectivity index (χ0v) is 21.7. The summed E-state index contributed by atoms with van der Waals surface area (Å²) in [5, 5.41) is 13.3. The molecule has 1 aromatic rings. The van der Waals surface area contributed by atoms with Gasteiger partial charge in [-0.25, -0.2) is 4.39 Å². The van der Waals surface area contributed by atoms with Gasteiger partial charge in [0.05, 0.1) is 30.8 Å². The maximum absolute atomic E-state index is 13.8. The van der Waals surface area contributed by atoms with Gasteiger partial charge in [-0.2, -0.15) is 0 Å². The quantitative estimate of drug-likeness (QED) is 0.568. The third-order valence-electron chi connectivity index (χ3n) is 7.92. The van der Waals surface area contributed by atoms with E-state index >= 15 is 0 Å². The first-order valence-corrected chi connectivity index (χ1v) is 13.3. The Hall–Kier alpha value is -2.19. The number of amides is 1. The number of halogens is 1. The van der Waals surface area contributed by atoms with Crippen LogP contribution in [0.1, 0.15) is 83.6 Å². The minimum Gasteiger partial charge on any atom is -0.505 e. The average Bonchev–Trinajstić information content (AvgIpc) is 2.98. The van der Waals surface area contributed by atoms with Crippen LogP contribution in [0.3, 0.4) is 0 Å². The number of para-hydroxylation sites is 1. The molecule has 2 aliphatic carbocycles. The molecule has 8 heteroatoms. The Balaban J connectivity index is 1.46. The minimum absolute atomic E-state index is 0.00301. The van der Waals surface area contributed by atoms with Crippen LogP contribution in [0, 0.1) is 17.7 Å². The van der Waals surface area contributed by atoms with Crippen molar-refractivity contribution in [1.82, 2.24) is 5.32 Å². The van der Waals surface area contributed by atoms with Crippen molar-refractivity contribution in [3.05, 3.63) is 29.6 Å². The average molecular weight is 506 g/mol. The Labute approximate surface area is 213 Å². The fourth-order valence-electron chi connectivity index (χ4n) is 6.16. The van der Waals surface area contributed by atoms with Gasteiger partial charge in [0, 0.05) is 11.5 Å². The van der Waals surface area contributed by atoms with E-state index in [2.05, 4.69) is 5.32 Å². The Morgan fingerprint density at radius 2 is 1.94 bits per heavy atom. The molecule has 1 aromatic carbocycles. The van der Waals surface area contributed by atoms with Gasteiger partial charge in [-0.05, 0) is 71.3 Å². The molecule has 4 rings (SSSR count). The van der Waals surface area contributed by atoms with Crippen LogP contribution in [-0.4, -0.2) is 54.0 Å². The van der Waals surface area contributed by atoms with Crippen LogP contribution in [0.5, 0.6) is 5.75 Å². The van der Waals surface area contributed by atoms with Crippen molar-refractivity contribution in [3.8, 4) is 5.75 Å². The molecule has 2 saturated carbocycles. The number of nitrogens with one attached hydrogen (secondary N) is 1. The number of morpholine rings is 1.